The number of benzene rings is 2. The highest BCUT2D eigenvalue weighted by Crippen LogP contribution is 2.13. The number of ketones is 1. The van der Waals surface area contributed by atoms with Crippen molar-refractivity contribution in [3.8, 4) is 0 Å². The molecule has 88 valence electrons. The zero-order chi connectivity index (χ0) is 13.0. The second kappa shape index (κ2) is 5.26. The third-order valence-electron chi connectivity index (χ3n) is 2.52. The molecule has 0 atom stereocenters. The van der Waals surface area contributed by atoms with Crippen LogP contribution in [0.3, 0.4) is 0 Å². The van der Waals surface area contributed by atoms with Crippen LogP contribution in [0.1, 0.15) is 21.5 Å². The molecule has 2 heteroatoms. The van der Waals surface area contributed by atoms with Gasteiger partial charge in [-0.05, 0) is 42.0 Å². The molecule has 0 aliphatic heterocycles. The van der Waals surface area contributed by atoms with Gasteiger partial charge in [0.1, 0.15) is 5.82 Å². The number of hydrogen-bond donors (Lipinski definition) is 0. The highest BCUT2D eigenvalue weighted by atomic mass is 19.1. The molecular weight excluding hydrogens is 227 g/mol. The normalized spacial score (nSPS) is 9.61. The van der Waals surface area contributed by atoms with Gasteiger partial charge in [0.05, 0.1) is 0 Å². The van der Waals surface area contributed by atoms with Crippen molar-refractivity contribution < 1.29 is 9.18 Å². The first-order valence-corrected chi connectivity index (χ1v) is 5.47. The Labute approximate surface area is 105 Å². The SMILES string of the molecule is C=C=Cc1cccc(C(=O)c2ccc(F)cc2)c1. The lowest BCUT2D eigenvalue weighted by Gasteiger charge is -2.02. The molecule has 0 amide bonds. The summed E-state index contributed by atoms with van der Waals surface area (Å²) in [4.78, 5) is 12.1. The van der Waals surface area contributed by atoms with Gasteiger partial charge in [0, 0.05) is 11.1 Å². The van der Waals surface area contributed by atoms with E-state index < -0.39 is 0 Å². The number of halogens is 1. The zero-order valence-corrected chi connectivity index (χ0v) is 9.69. The minimum absolute atomic E-state index is 0.130. The molecule has 0 heterocycles. The summed E-state index contributed by atoms with van der Waals surface area (Å²) in [6.07, 6.45) is 1.70. The summed E-state index contributed by atoms with van der Waals surface area (Å²) in [7, 11) is 0. The maximum absolute atomic E-state index is 12.8. The summed E-state index contributed by atoms with van der Waals surface area (Å²) >= 11 is 0. The lowest BCUT2D eigenvalue weighted by Crippen LogP contribution is -2.01. The zero-order valence-electron chi connectivity index (χ0n) is 9.69. The topological polar surface area (TPSA) is 17.1 Å². The van der Waals surface area contributed by atoms with Crippen molar-refractivity contribution in [1.82, 2.24) is 0 Å². The molecule has 18 heavy (non-hydrogen) atoms. The number of carbonyl (C=O) groups excluding carboxylic acids is 1. The second-order valence-corrected chi connectivity index (χ2v) is 3.81. The summed E-state index contributed by atoms with van der Waals surface area (Å²) in [5.41, 5.74) is 4.55. The molecule has 2 rings (SSSR count). The van der Waals surface area contributed by atoms with Crippen LogP contribution < -0.4 is 0 Å². The van der Waals surface area contributed by atoms with Gasteiger partial charge in [-0.15, -0.1) is 5.73 Å². The third-order valence-corrected chi connectivity index (χ3v) is 2.52. The minimum Gasteiger partial charge on any atom is -0.289 e. The Balaban J connectivity index is 2.36. The van der Waals surface area contributed by atoms with Crippen molar-refractivity contribution in [2.45, 2.75) is 0 Å². The van der Waals surface area contributed by atoms with Gasteiger partial charge in [0.15, 0.2) is 5.78 Å². The standard InChI is InChI=1S/C16H11FO/c1-2-4-12-5-3-6-14(11-12)16(18)13-7-9-15(17)10-8-13/h3-11H,1H2. The van der Waals surface area contributed by atoms with Crippen LogP contribution in [0.4, 0.5) is 4.39 Å². The molecule has 0 fully saturated rings. The van der Waals surface area contributed by atoms with E-state index in [9.17, 15) is 9.18 Å². The van der Waals surface area contributed by atoms with Crippen molar-refractivity contribution in [2.75, 3.05) is 0 Å². The van der Waals surface area contributed by atoms with Crippen LogP contribution in [0.5, 0.6) is 0 Å². The quantitative estimate of drug-likeness (QED) is 0.586. The fourth-order valence-corrected chi connectivity index (χ4v) is 1.66. The van der Waals surface area contributed by atoms with E-state index in [-0.39, 0.29) is 11.6 Å². The molecule has 0 radical (unpaired) electrons. The Bertz CT molecular complexity index is 620. The van der Waals surface area contributed by atoms with Crippen molar-refractivity contribution in [1.29, 1.82) is 0 Å². The Kier molecular flexibility index (Phi) is 3.52. The second-order valence-electron chi connectivity index (χ2n) is 3.81. The van der Waals surface area contributed by atoms with Gasteiger partial charge in [-0.2, -0.15) is 0 Å². The molecule has 0 saturated carbocycles. The van der Waals surface area contributed by atoms with Gasteiger partial charge in [0.25, 0.3) is 0 Å². The van der Waals surface area contributed by atoms with E-state index in [4.69, 9.17) is 0 Å². The van der Waals surface area contributed by atoms with Crippen molar-refractivity contribution in [3.05, 3.63) is 83.3 Å². The highest BCUT2D eigenvalue weighted by Gasteiger charge is 2.08. The molecule has 0 aliphatic carbocycles. The first-order chi connectivity index (χ1) is 8.70. The van der Waals surface area contributed by atoms with Gasteiger partial charge in [-0.1, -0.05) is 24.8 Å². The predicted molar refractivity (Wildman–Crippen MR) is 69.9 cm³/mol. The average Bonchev–Trinajstić information content (AvgIpc) is 2.39. The molecule has 0 spiro atoms. The van der Waals surface area contributed by atoms with Crippen LogP contribution >= 0.6 is 0 Å². The Morgan fingerprint density at radius 3 is 2.50 bits per heavy atom. The van der Waals surface area contributed by atoms with E-state index in [1.807, 2.05) is 6.07 Å². The minimum atomic E-state index is -0.352. The van der Waals surface area contributed by atoms with E-state index in [1.54, 1.807) is 24.3 Å². The number of carbonyl (C=O) groups is 1. The Morgan fingerprint density at radius 1 is 1.11 bits per heavy atom. The van der Waals surface area contributed by atoms with E-state index in [2.05, 4.69) is 12.3 Å². The number of hydrogen-bond acceptors (Lipinski definition) is 1. The summed E-state index contributed by atoms with van der Waals surface area (Å²) in [6.45, 7) is 3.49. The smallest absolute Gasteiger partial charge is 0.193 e. The molecule has 0 aliphatic rings. The van der Waals surface area contributed by atoms with E-state index in [0.29, 0.717) is 11.1 Å². The van der Waals surface area contributed by atoms with Crippen LogP contribution in [0.25, 0.3) is 6.08 Å². The van der Waals surface area contributed by atoms with Crippen LogP contribution in [0.2, 0.25) is 0 Å². The molecular formula is C16H11FO. The Hall–Kier alpha value is -2.44. The third kappa shape index (κ3) is 2.62. The number of rotatable bonds is 3. The first-order valence-electron chi connectivity index (χ1n) is 5.47. The summed E-state index contributed by atoms with van der Waals surface area (Å²) < 4.78 is 12.8. The average molecular weight is 238 g/mol. The highest BCUT2D eigenvalue weighted by molar-refractivity contribution is 6.09. The van der Waals surface area contributed by atoms with Crippen molar-refractivity contribution in [3.63, 3.8) is 0 Å². The predicted octanol–water partition coefficient (Wildman–Crippen LogP) is 3.85. The molecule has 0 bridgehead atoms. The van der Waals surface area contributed by atoms with Crippen LogP contribution in [-0.4, -0.2) is 5.78 Å². The maximum atomic E-state index is 12.8. The van der Waals surface area contributed by atoms with Crippen LogP contribution in [0.15, 0.2) is 60.8 Å². The van der Waals surface area contributed by atoms with Crippen LogP contribution in [-0.2, 0) is 0 Å². The van der Waals surface area contributed by atoms with Gasteiger partial charge in [-0.25, -0.2) is 4.39 Å². The van der Waals surface area contributed by atoms with Crippen LogP contribution in [0, 0.1) is 5.82 Å². The van der Waals surface area contributed by atoms with E-state index in [0.717, 1.165) is 5.56 Å². The summed E-state index contributed by atoms with van der Waals surface area (Å²) in [6, 6.07) is 12.7. The lowest BCUT2D eigenvalue weighted by molar-refractivity contribution is 0.103. The maximum Gasteiger partial charge on any atom is 0.193 e. The summed E-state index contributed by atoms with van der Waals surface area (Å²) in [5.74, 6) is -0.482. The van der Waals surface area contributed by atoms with Crippen molar-refractivity contribution >= 4 is 11.9 Å². The summed E-state index contributed by atoms with van der Waals surface area (Å²) in [5, 5.41) is 0. The molecule has 1 nitrogen and oxygen atoms in total. The molecule has 0 saturated heterocycles. The molecule has 0 N–H and O–H groups in total. The first kappa shape index (κ1) is 12.0. The van der Waals surface area contributed by atoms with Crippen molar-refractivity contribution in [2.24, 2.45) is 0 Å². The molecule has 2 aromatic rings. The van der Waals surface area contributed by atoms with Gasteiger partial charge >= 0.3 is 0 Å². The van der Waals surface area contributed by atoms with E-state index >= 15 is 0 Å². The van der Waals surface area contributed by atoms with Gasteiger partial charge in [-0.3, -0.25) is 4.79 Å². The van der Waals surface area contributed by atoms with Gasteiger partial charge < -0.3 is 0 Å². The molecule has 0 aromatic heterocycles. The molecule has 0 unspecified atom stereocenters. The monoisotopic (exact) mass is 238 g/mol. The largest absolute Gasteiger partial charge is 0.289 e. The Morgan fingerprint density at radius 2 is 1.83 bits per heavy atom. The van der Waals surface area contributed by atoms with Gasteiger partial charge in [0.2, 0.25) is 0 Å². The lowest BCUT2D eigenvalue weighted by atomic mass is 10.0. The fraction of sp³-hybridized carbons (Fsp3) is 0. The van der Waals surface area contributed by atoms with E-state index in [1.165, 1.54) is 24.3 Å². The molecule has 2 aromatic carbocycles. The fourth-order valence-electron chi connectivity index (χ4n) is 1.66.